The molecule has 0 fully saturated rings. The number of para-hydroxylation sites is 1. The van der Waals surface area contributed by atoms with E-state index in [0.717, 1.165) is 22.5 Å². The van der Waals surface area contributed by atoms with Crippen molar-refractivity contribution in [1.29, 1.82) is 0 Å². The van der Waals surface area contributed by atoms with Gasteiger partial charge in [0.2, 0.25) is 0 Å². The SMILES string of the molecule is CCc1cc(C(=O)N(C)Cc2cnn(-c3ccccc3)c2)sc1C. The monoisotopic (exact) mass is 339 g/mol. The van der Waals surface area contributed by atoms with Crippen LogP contribution >= 0.6 is 11.3 Å². The molecule has 124 valence electrons. The van der Waals surface area contributed by atoms with Gasteiger partial charge in [-0.2, -0.15) is 5.10 Å². The maximum Gasteiger partial charge on any atom is 0.263 e. The molecule has 0 saturated heterocycles. The van der Waals surface area contributed by atoms with E-state index in [1.165, 1.54) is 10.4 Å². The number of hydrogen-bond acceptors (Lipinski definition) is 3. The van der Waals surface area contributed by atoms with E-state index in [-0.39, 0.29) is 5.91 Å². The van der Waals surface area contributed by atoms with Crippen molar-refractivity contribution in [3.8, 4) is 5.69 Å². The molecule has 3 rings (SSSR count). The Morgan fingerprint density at radius 3 is 2.71 bits per heavy atom. The normalized spacial score (nSPS) is 10.8. The smallest absolute Gasteiger partial charge is 0.263 e. The molecule has 2 heterocycles. The van der Waals surface area contributed by atoms with Gasteiger partial charge in [-0.3, -0.25) is 4.79 Å². The number of amides is 1. The van der Waals surface area contributed by atoms with Crippen molar-refractivity contribution >= 4 is 17.2 Å². The van der Waals surface area contributed by atoms with E-state index in [9.17, 15) is 4.79 Å². The molecule has 5 heteroatoms. The fraction of sp³-hybridized carbons (Fsp3) is 0.263. The Bertz CT molecular complexity index is 835. The van der Waals surface area contributed by atoms with E-state index in [0.29, 0.717) is 6.54 Å². The molecule has 0 aliphatic rings. The highest BCUT2D eigenvalue weighted by atomic mass is 32.1. The van der Waals surface area contributed by atoms with Crippen LogP contribution in [0.4, 0.5) is 0 Å². The van der Waals surface area contributed by atoms with Crippen molar-refractivity contribution in [1.82, 2.24) is 14.7 Å². The van der Waals surface area contributed by atoms with Crippen LogP contribution < -0.4 is 0 Å². The van der Waals surface area contributed by atoms with E-state index in [4.69, 9.17) is 0 Å². The Kier molecular flexibility index (Phi) is 4.81. The van der Waals surface area contributed by atoms with Gasteiger partial charge in [0.15, 0.2) is 0 Å². The van der Waals surface area contributed by atoms with E-state index < -0.39 is 0 Å². The first-order valence-electron chi connectivity index (χ1n) is 8.02. The Morgan fingerprint density at radius 2 is 2.04 bits per heavy atom. The maximum atomic E-state index is 12.6. The largest absolute Gasteiger partial charge is 0.337 e. The van der Waals surface area contributed by atoms with Crippen LogP contribution in [0, 0.1) is 6.92 Å². The quantitative estimate of drug-likeness (QED) is 0.702. The molecule has 0 unspecified atom stereocenters. The van der Waals surface area contributed by atoms with Gasteiger partial charge in [-0.05, 0) is 37.1 Å². The summed E-state index contributed by atoms with van der Waals surface area (Å²) in [5.74, 6) is 0.0651. The van der Waals surface area contributed by atoms with Gasteiger partial charge >= 0.3 is 0 Å². The summed E-state index contributed by atoms with van der Waals surface area (Å²) in [6.07, 6.45) is 4.74. The molecule has 2 aromatic heterocycles. The summed E-state index contributed by atoms with van der Waals surface area (Å²) in [6, 6.07) is 12.0. The minimum absolute atomic E-state index is 0.0651. The zero-order valence-electron chi connectivity index (χ0n) is 14.2. The number of aryl methyl sites for hydroxylation is 2. The van der Waals surface area contributed by atoms with Crippen molar-refractivity contribution < 1.29 is 4.79 Å². The first-order chi connectivity index (χ1) is 11.6. The van der Waals surface area contributed by atoms with Crippen LogP contribution in [0.25, 0.3) is 5.69 Å². The summed E-state index contributed by atoms with van der Waals surface area (Å²) in [6.45, 7) is 4.74. The zero-order chi connectivity index (χ0) is 17.1. The highest BCUT2D eigenvalue weighted by Crippen LogP contribution is 2.23. The minimum atomic E-state index is 0.0651. The Morgan fingerprint density at radius 1 is 1.29 bits per heavy atom. The molecule has 0 bridgehead atoms. The van der Waals surface area contributed by atoms with Gasteiger partial charge in [0.1, 0.15) is 0 Å². The fourth-order valence-corrected chi connectivity index (χ4v) is 3.78. The maximum absolute atomic E-state index is 12.6. The molecule has 0 aliphatic carbocycles. The number of thiophene rings is 1. The second kappa shape index (κ2) is 7.01. The molecule has 0 N–H and O–H groups in total. The summed E-state index contributed by atoms with van der Waals surface area (Å²) < 4.78 is 1.83. The van der Waals surface area contributed by atoms with E-state index in [1.54, 1.807) is 16.2 Å². The molecule has 1 aromatic carbocycles. The number of nitrogens with zero attached hydrogens (tertiary/aromatic N) is 3. The lowest BCUT2D eigenvalue weighted by molar-refractivity contribution is 0.0790. The van der Waals surface area contributed by atoms with E-state index >= 15 is 0 Å². The summed E-state index contributed by atoms with van der Waals surface area (Å²) in [7, 11) is 1.84. The van der Waals surface area contributed by atoms with E-state index in [2.05, 4.69) is 18.9 Å². The molecule has 0 radical (unpaired) electrons. The molecular formula is C19H21N3OS. The van der Waals surface area contributed by atoms with Crippen LogP contribution in [0.3, 0.4) is 0 Å². The number of aromatic nitrogens is 2. The average molecular weight is 339 g/mol. The fourth-order valence-electron chi connectivity index (χ4n) is 2.67. The third kappa shape index (κ3) is 3.41. The third-order valence-corrected chi connectivity index (χ3v) is 5.12. The first kappa shape index (κ1) is 16.5. The lowest BCUT2D eigenvalue weighted by atomic mass is 10.2. The summed E-state index contributed by atoms with van der Waals surface area (Å²) in [5.41, 5.74) is 3.28. The van der Waals surface area contributed by atoms with Gasteiger partial charge in [-0.1, -0.05) is 25.1 Å². The third-order valence-electron chi connectivity index (χ3n) is 4.04. The number of rotatable bonds is 5. The number of carbonyl (C=O) groups excluding carboxylic acids is 1. The molecule has 24 heavy (non-hydrogen) atoms. The predicted octanol–water partition coefficient (Wildman–Crippen LogP) is 4.08. The molecular weight excluding hydrogens is 318 g/mol. The molecule has 1 amide bonds. The van der Waals surface area contributed by atoms with Crippen molar-refractivity contribution in [3.05, 3.63) is 69.7 Å². The minimum Gasteiger partial charge on any atom is -0.337 e. The van der Waals surface area contributed by atoms with E-state index in [1.807, 2.05) is 60.5 Å². The summed E-state index contributed by atoms with van der Waals surface area (Å²) >= 11 is 1.58. The van der Waals surface area contributed by atoms with Crippen LogP contribution in [0.2, 0.25) is 0 Å². The number of benzene rings is 1. The second-order valence-electron chi connectivity index (χ2n) is 5.84. The Labute approximate surface area is 146 Å². The molecule has 0 aliphatic heterocycles. The average Bonchev–Trinajstić information content (AvgIpc) is 3.21. The highest BCUT2D eigenvalue weighted by Gasteiger charge is 2.16. The Balaban J connectivity index is 1.71. The van der Waals surface area contributed by atoms with Gasteiger partial charge in [-0.15, -0.1) is 11.3 Å². The van der Waals surface area contributed by atoms with Crippen LogP contribution in [0.5, 0.6) is 0 Å². The summed E-state index contributed by atoms with van der Waals surface area (Å²) in [4.78, 5) is 16.4. The zero-order valence-corrected chi connectivity index (χ0v) is 15.0. The lowest BCUT2D eigenvalue weighted by Gasteiger charge is -2.14. The van der Waals surface area contributed by atoms with Crippen LogP contribution in [-0.2, 0) is 13.0 Å². The second-order valence-corrected chi connectivity index (χ2v) is 7.09. The number of carbonyl (C=O) groups is 1. The molecule has 4 nitrogen and oxygen atoms in total. The topological polar surface area (TPSA) is 38.1 Å². The molecule has 0 atom stereocenters. The summed E-state index contributed by atoms with van der Waals surface area (Å²) in [5, 5.41) is 4.38. The number of hydrogen-bond donors (Lipinski definition) is 0. The first-order valence-corrected chi connectivity index (χ1v) is 8.84. The van der Waals surface area contributed by atoms with Gasteiger partial charge in [0, 0.05) is 30.2 Å². The highest BCUT2D eigenvalue weighted by molar-refractivity contribution is 7.14. The van der Waals surface area contributed by atoms with Gasteiger partial charge in [-0.25, -0.2) is 4.68 Å². The van der Waals surface area contributed by atoms with Gasteiger partial charge in [0.05, 0.1) is 16.8 Å². The standard InChI is InChI=1S/C19H21N3OS/c1-4-16-10-18(24-14(16)2)19(23)21(3)12-15-11-20-22(13-15)17-8-6-5-7-9-17/h5-11,13H,4,12H2,1-3H3. The molecule has 0 spiro atoms. The van der Waals surface area contributed by atoms with Gasteiger partial charge in [0.25, 0.3) is 5.91 Å². The Hall–Kier alpha value is -2.40. The van der Waals surface area contributed by atoms with Crippen molar-refractivity contribution in [2.75, 3.05) is 7.05 Å². The van der Waals surface area contributed by atoms with Crippen molar-refractivity contribution in [2.24, 2.45) is 0 Å². The predicted molar refractivity (Wildman–Crippen MR) is 97.8 cm³/mol. The lowest BCUT2D eigenvalue weighted by Crippen LogP contribution is -2.25. The van der Waals surface area contributed by atoms with Gasteiger partial charge < -0.3 is 4.90 Å². The van der Waals surface area contributed by atoms with Crippen LogP contribution in [0.15, 0.2) is 48.8 Å². The van der Waals surface area contributed by atoms with Crippen molar-refractivity contribution in [2.45, 2.75) is 26.8 Å². The van der Waals surface area contributed by atoms with Crippen LogP contribution in [-0.4, -0.2) is 27.6 Å². The molecule has 3 aromatic rings. The van der Waals surface area contributed by atoms with Crippen molar-refractivity contribution in [3.63, 3.8) is 0 Å². The van der Waals surface area contributed by atoms with Crippen LogP contribution in [0.1, 0.15) is 32.6 Å². The molecule has 0 saturated carbocycles.